The molecule has 0 heterocycles. The lowest BCUT2D eigenvalue weighted by Gasteiger charge is -2.48. The summed E-state index contributed by atoms with van der Waals surface area (Å²) in [7, 11) is -0.626. The minimum absolute atomic E-state index is 0.158. The summed E-state index contributed by atoms with van der Waals surface area (Å²) in [5.41, 5.74) is 3.09. The van der Waals surface area contributed by atoms with Gasteiger partial charge in [0, 0.05) is 32.4 Å². The number of carbonyl (C=O) groups is 2. The summed E-state index contributed by atoms with van der Waals surface area (Å²) < 4.78 is 27.0. The lowest BCUT2D eigenvalue weighted by atomic mass is 9.53. The zero-order valence-electron chi connectivity index (χ0n) is 18.5. The van der Waals surface area contributed by atoms with Crippen molar-refractivity contribution in [3.8, 4) is 0 Å². The molecule has 3 rings (SSSR count). The Morgan fingerprint density at radius 1 is 1.17 bits per heavy atom. The van der Waals surface area contributed by atoms with E-state index in [1.807, 2.05) is 13.0 Å². The van der Waals surface area contributed by atoms with Gasteiger partial charge in [-0.05, 0) is 55.9 Å². The predicted molar refractivity (Wildman–Crippen MR) is 114 cm³/mol. The molecule has 0 unspecified atom stereocenters. The second kappa shape index (κ2) is 7.89. The molecule has 0 amide bonds. The van der Waals surface area contributed by atoms with Crippen LogP contribution in [-0.4, -0.2) is 50.7 Å². The van der Waals surface area contributed by atoms with Crippen LogP contribution in [-0.2, 0) is 36.3 Å². The van der Waals surface area contributed by atoms with Gasteiger partial charge in [-0.15, -0.1) is 0 Å². The second-order valence-electron chi connectivity index (χ2n) is 8.50. The van der Waals surface area contributed by atoms with Crippen molar-refractivity contribution in [2.45, 2.75) is 63.7 Å². The molecule has 0 saturated heterocycles. The van der Waals surface area contributed by atoms with Gasteiger partial charge in [-0.25, -0.2) is 12.7 Å². The van der Waals surface area contributed by atoms with Gasteiger partial charge in [-0.2, -0.15) is 0 Å². The highest BCUT2D eigenvalue weighted by Gasteiger charge is 2.54. The number of sulfonamides is 1. The van der Waals surface area contributed by atoms with Crippen molar-refractivity contribution in [2.24, 2.45) is 11.1 Å². The molecule has 8 heteroatoms. The van der Waals surface area contributed by atoms with Gasteiger partial charge in [-0.1, -0.05) is 18.1 Å². The van der Waals surface area contributed by atoms with Gasteiger partial charge in [0.1, 0.15) is 24.1 Å². The molecule has 0 atom stereocenters. The summed E-state index contributed by atoms with van der Waals surface area (Å²) in [4.78, 5) is 31.5. The van der Waals surface area contributed by atoms with Crippen LogP contribution in [0.2, 0.25) is 0 Å². The van der Waals surface area contributed by atoms with Crippen LogP contribution >= 0.6 is 0 Å². The van der Waals surface area contributed by atoms with Crippen molar-refractivity contribution in [3.05, 3.63) is 28.3 Å². The Labute approximate surface area is 178 Å². The van der Waals surface area contributed by atoms with Crippen molar-refractivity contribution in [2.75, 3.05) is 20.7 Å². The highest BCUT2D eigenvalue weighted by atomic mass is 32.2. The minimum atomic E-state index is -3.64. The average molecular weight is 435 g/mol. The number of ketones is 2. The fourth-order valence-corrected chi connectivity index (χ4v) is 6.43. The molecular formula is C22H30N2O5S. The maximum Gasteiger partial charge on any atom is 0.243 e. The van der Waals surface area contributed by atoms with Crippen LogP contribution in [0.25, 0.3) is 0 Å². The number of fused-ring (bicyclic) bond motifs is 2. The number of nitrogens with zero attached hydrogens (tertiary/aromatic N) is 2. The van der Waals surface area contributed by atoms with Crippen LogP contribution in [0.5, 0.6) is 0 Å². The zero-order valence-corrected chi connectivity index (χ0v) is 19.4. The van der Waals surface area contributed by atoms with E-state index in [2.05, 4.69) is 5.16 Å². The molecule has 2 aliphatic carbocycles. The maximum atomic E-state index is 13.1. The van der Waals surface area contributed by atoms with E-state index >= 15 is 0 Å². The van der Waals surface area contributed by atoms with Gasteiger partial charge in [0.25, 0.3) is 0 Å². The number of benzene rings is 1. The average Bonchev–Trinajstić information content (AvgIpc) is 2.62. The van der Waals surface area contributed by atoms with Crippen LogP contribution in [0.4, 0.5) is 0 Å². The summed E-state index contributed by atoms with van der Waals surface area (Å²) in [6.45, 7) is 7.60. The van der Waals surface area contributed by atoms with Crippen LogP contribution in [0.15, 0.2) is 16.1 Å². The van der Waals surface area contributed by atoms with E-state index < -0.39 is 21.4 Å². The molecule has 2 aliphatic rings. The Hall–Kier alpha value is -2.06. The molecule has 0 N–H and O–H groups in total. The SMILES string of the molecule is CCON=C(CC)C1C(=O)CC2(CC1=O)Cc1cc(C)c(S(=O)(=O)N(C)C)c(C)c12. The summed E-state index contributed by atoms with van der Waals surface area (Å²) in [6, 6.07) is 1.89. The maximum absolute atomic E-state index is 13.1. The third-order valence-electron chi connectivity index (χ3n) is 6.26. The Kier molecular flexibility index (Phi) is 5.95. The fourth-order valence-electron chi connectivity index (χ4n) is 5.11. The minimum Gasteiger partial charge on any atom is -0.396 e. The summed E-state index contributed by atoms with van der Waals surface area (Å²) in [5.74, 6) is -1.17. The van der Waals surface area contributed by atoms with Crippen LogP contribution in [0.3, 0.4) is 0 Å². The quantitative estimate of drug-likeness (QED) is 0.390. The topological polar surface area (TPSA) is 93.1 Å². The van der Waals surface area contributed by atoms with E-state index in [-0.39, 0.29) is 29.3 Å². The molecule has 0 aliphatic heterocycles. The fraction of sp³-hybridized carbons (Fsp3) is 0.591. The molecule has 1 aromatic carbocycles. The second-order valence-corrected chi connectivity index (χ2v) is 10.6. The van der Waals surface area contributed by atoms with E-state index in [0.717, 1.165) is 11.1 Å². The monoisotopic (exact) mass is 434 g/mol. The zero-order chi connectivity index (χ0) is 22.4. The van der Waals surface area contributed by atoms with Gasteiger partial charge in [0.05, 0.1) is 10.6 Å². The number of hydrogen-bond acceptors (Lipinski definition) is 6. The highest BCUT2D eigenvalue weighted by molar-refractivity contribution is 7.89. The molecule has 1 aromatic rings. The molecule has 1 saturated carbocycles. The van der Waals surface area contributed by atoms with E-state index in [0.29, 0.717) is 36.3 Å². The van der Waals surface area contributed by atoms with Crippen molar-refractivity contribution >= 4 is 27.3 Å². The van der Waals surface area contributed by atoms with Crippen molar-refractivity contribution in [3.63, 3.8) is 0 Å². The number of Topliss-reactive ketones (excluding diaryl/α,β-unsaturated/α-hetero) is 2. The van der Waals surface area contributed by atoms with Gasteiger partial charge in [-0.3, -0.25) is 9.59 Å². The molecule has 0 bridgehead atoms. The highest BCUT2D eigenvalue weighted by Crippen LogP contribution is 2.53. The number of hydrogen-bond donors (Lipinski definition) is 0. The van der Waals surface area contributed by atoms with E-state index in [4.69, 9.17) is 4.84 Å². The number of rotatable bonds is 6. The first kappa shape index (κ1) is 22.6. The molecule has 30 heavy (non-hydrogen) atoms. The first-order valence-electron chi connectivity index (χ1n) is 10.3. The Morgan fingerprint density at radius 3 is 2.27 bits per heavy atom. The first-order valence-corrected chi connectivity index (χ1v) is 11.7. The van der Waals surface area contributed by atoms with Crippen molar-refractivity contribution in [1.82, 2.24) is 4.31 Å². The first-order chi connectivity index (χ1) is 14.0. The third-order valence-corrected chi connectivity index (χ3v) is 8.36. The predicted octanol–water partition coefficient (Wildman–Crippen LogP) is 2.70. The summed E-state index contributed by atoms with van der Waals surface area (Å²) in [6.07, 6.45) is 1.51. The largest absolute Gasteiger partial charge is 0.396 e. The van der Waals surface area contributed by atoms with Gasteiger partial charge in [0.2, 0.25) is 10.0 Å². The van der Waals surface area contributed by atoms with Gasteiger partial charge >= 0.3 is 0 Å². The third kappa shape index (κ3) is 3.39. The van der Waals surface area contributed by atoms with Gasteiger partial charge in [0.15, 0.2) is 0 Å². The Morgan fingerprint density at radius 2 is 1.77 bits per heavy atom. The summed E-state index contributed by atoms with van der Waals surface area (Å²) in [5, 5.41) is 4.01. The normalized spacial score (nSPS) is 24.2. The molecule has 0 radical (unpaired) electrons. The molecular weight excluding hydrogens is 404 g/mol. The molecule has 164 valence electrons. The summed E-state index contributed by atoms with van der Waals surface area (Å²) >= 11 is 0. The standard InChI is InChI=1S/C22H30N2O5S/c1-7-16(23-29-8-2)19-17(25)11-22(12-18(19)26)10-15-9-13(3)21(14(4)20(15)22)30(27,28)24(5)6/h9,19H,7-8,10-12H2,1-6H3. The van der Waals surface area contributed by atoms with E-state index in [9.17, 15) is 18.0 Å². The van der Waals surface area contributed by atoms with Crippen LogP contribution in [0, 0.1) is 19.8 Å². The van der Waals surface area contributed by atoms with Crippen molar-refractivity contribution < 1.29 is 22.8 Å². The van der Waals surface area contributed by atoms with E-state index in [1.54, 1.807) is 20.8 Å². The molecule has 7 nitrogen and oxygen atoms in total. The number of oxime groups is 1. The van der Waals surface area contributed by atoms with Crippen LogP contribution in [0.1, 0.15) is 55.4 Å². The number of carbonyl (C=O) groups excluding carboxylic acids is 2. The Bertz CT molecular complexity index is 1020. The lowest BCUT2D eigenvalue weighted by Crippen LogP contribution is -2.52. The molecule has 1 spiro atoms. The van der Waals surface area contributed by atoms with Gasteiger partial charge < -0.3 is 4.84 Å². The molecule has 0 aromatic heterocycles. The molecule has 1 fully saturated rings. The number of aryl methyl sites for hydroxylation is 1. The Balaban J connectivity index is 2.03. The lowest BCUT2D eigenvalue weighted by molar-refractivity contribution is -0.135. The van der Waals surface area contributed by atoms with E-state index in [1.165, 1.54) is 18.4 Å². The van der Waals surface area contributed by atoms with Crippen molar-refractivity contribution in [1.29, 1.82) is 0 Å². The van der Waals surface area contributed by atoms with Crippen LogP contribution < -0.4 is 0 Å². The smallest absolute Gasteiger partial charge is 0.243 e.